The largest absolute Gasteiger partial charge is 0.463 e. The first-order chi connectivity index (χ1) is 14.0. The van der Waals surface area contributed by atoms with Crippen LogP contribution in [-0.2, 0) is 9.53 Å². The number of carbonyl (C=O) groups is 2. The van der Waals surface area contributed by atoms with E-state index >= 15 is 0 Å². The molecule has 3 rings (SSSR count). The molecular formula is C20H22N6O3. The Kier molecular flexibility index (Phi) is 6.18. The standard InChI is InChI=1S/C20H22N6O3/c1-4-29-18(27)16-15(11-21-26-19-22-12(2)10-13(3)23-19)24-20(28)25-17(16)14-8-6-5-7-9-14/h5-11,17H,4H2,1-3H3,(H,22,23,26)(H2,24,25,28)/b21-11-/t17-/m1/s1. The second-order valence-corrected chi connectivity index (χ2v) is 6.33. The zero-order valence-electron chi connectivity index (χ0n) is 16.4. The Balaban J connectivity index is 1.95. The SMILES string of the molecule is CCOC(=O)C1=C(/C=N\Nc2nc(C)cc(C)n2)NC(=O)N[C@@H]1c1ccccc1. The molecule has 9 heteroatoms. The maximum atomic E-state index is 12.6. The van der Waals surface area contributed by atoms with E-state index in [1.807, 2.05) is 50.2 Å². The van der Waals surface area contributed by atoms with E-state index in [0.29, 0.717) is 5.95 Å². The van der Waals surface area contributed by atoms with E-state index in [0.717, 1.165) is 17.0 Å². The number of nitrogens with one attached hydrogen (secondary N) is 3. The summed E-state index contributed by atoms with van der Waals surface area (Å²) < 4.78 is 5.20. The highest BCUT2D eigenvalue weighted by Gasteiger charge is 2.33. The van der Waals surface area contributed by atoms with Gasteiger partial charge >= 0.3 is 12.0 Å². The number of hydrogen-bond acceptors (Lipinski definition) is 7. The van der Waals surface area contributed by atoms with Crippen LogP contribution in [0, 0.1) is 13.8 Å². The Labute approximate surface area is 168 Å². The van der Waals surface area contributed by atoms with Gasteiger partial charge in [0.25, 0.3) is 0 Å². The fourth-order valence-electron chi connectivity index (χ4n) is 2.95. The van der Waals surface area contributed by atoms with Crippen LogP contribution in [-0.4, -0.2) is 34.8 Å². The minimum absolute atomic E-state index is 0.205. The third kappa shape index (κ3) is 4.95. The highest BCUT2D eigenvalue weighted by atomic mass is 16.5. The van der Waals surface area contributed by atoms with Gasteiger partial charge in [0.05, 0.1) is 30.1 Å². The van der Waals surface area contributed by atoms with Crippen molar-refractivity contribution in [3.05, 3.63) is 64.6 Å². The summed E-state index contributed by atoms with van der Waals surface area (Å²) in [4.78, 5) is 33.3. The van der Waals surface area contributed by atoms with Crippen LogP contribution in [0.2, 0.25) is 0 Å². The van der Waals surface area contributed by atoms with Gasteiger partial charge in [-0.2, -0.15) is 5.10 Å². The molecule has 1 atom stereocenters. The van der Waals surface area contributed by atoms with Crippen LogP contribution in [0.3, 0.4) is 0 Å². The Morgan fingerprint density at radius 2 is 1.93 bits per heavy atom. The molecule has 0 fully saturated rings. The number of urea groups is 1. The van der Waals surface area contributed by atoms with Crippen molar-refractivity contribution < 1.29 is 14.3 Å². The second-order valence-electron chi connectivity index (χ2n) is 6.33. The maximum Gasteiger partial charge on any atom is 0.338 e. The van der Waals surface area contributed by atoms with Gasteiger partial charge in [-0.3, -0.25) is 0 Å². The number of esters is 1. The summed E-state index contributed by atoms with van der Waals surface area (Å²) in [5.41, 5.74) is 5.55. The number of hydrogen-bond donors (Lipinski definition) is 3. The van der Waals surface area contributed by atoms with Crippen molar-refractivity contribution in [1.29, 1.82) is 0 Å². The van der Waals surface area contributed by atoms with Crippen LogP contribution in [0.15, 0.2) is 52.8 Å². The molecule has 2 aromatic rings. The minimum Gasteiger partial charge on any atom is -0.463 e. The lowest BCUT2D eigenvalue weighted by molar-refractivity contribution is -0.139. The van der Waals surface area contributed by atoms with Crippen molar-refractivity contribution in [3.8, 4) is 0 Å². The molecule has 0 spiro atoms. The lowest BCUT2D eigenvalue weighted by Gasteiger charge is -2.27. The molecule has 0 radical (unpaired) electrons. The number of rotatable bonds is 6. The zero-order valence-corrected chi connectivity index (χ0v) is 16.4. The highest BCUT2D eigenvalue weighted by Crippen LogP contribution is 2.27. The molecule has 0 unspecified atom stereocenters. The van der Waals surface area contributed by atoms with Gasteiger partial charge in [0.1, 0.15) is 0 Å². The van der Waals surface area contributed by atoms with Gasteiger partial charge in [-0.05, 0) is 32.4 Å². The molecule has 1 aromatic heterocycles. The van der Waals surface area contributed by atoms with E-state index in [4.69, 9.17) is 4.74 Å². The molecule has 0 saturated carbocycles. The van der Waals surface area contributed by atoms with E-state index in [9.17, 15) is 9.59 Å². The highest BCUT2D eigenvalue weighted by molar-refractivity contribution is 6.02. The number of aromatic nitrogens is 2. The molecule has 0 saturated heterocycles. The number of carbonyl (C=O) groups excluding carboxylic acids is 2. The van der Waals surface area contributed by atoms with Crippen LogP contribution >= 0.6 is 0 Å². The van der Waals surface area contributed by atoms with E-state index in [1.165, 1.54) is 6.21 Å². The number of anilines is 1. The van der Waals surface area contributed by atoms with Gasteiger partial charge < -0.3 is 15.4 Å². The van der Waals surface area contributed by atoms with Crippen molar-refractivity contribution in [2.24, 2.45) is 5.10 Å². The normalized spacial score (nSPS) is 16.4. The van der Waals surface area contributed by atoms with E-state index in [2.05, 4.69) is 31.1 Å². The van der Waals surface area contributed by atoms with Crippen molar-refractivity contribution in [3.63, 3.8) is 0 Å². The Bertz CT molecular complexity index is 951. The third-order valence-corrected chi connectivity index (χ3v) is 4.07. The molecule has 2 heterocycles. The van der Waals surface area contributed by atoms with Crippen molar-refractivity contribution in [2.75, 3.05) is 12.0 Å². The average Bonchev–Trinajstić information content (AvgIpc) is 2.67. The Morgan fingerprint density at radius 1 is 1.24 bits per heavy atom. The number of benzene rings is 1. The predicted molar refractivity (Wildman–Crippen MR) is 108 cm³/mol. The lowest BCUT2D eigenvalue weighted by Crippen LogP contribution is -2.46. The number of ether oxygens (including phenoxy) is 1. The fourth-order valence-corrected chi connectivity index (χ4v) is 2.95. The molecule has 1 aliphatic heterocycles. The monoisotopic (exact) mass is 394 g/mol. The topological polar surface area (TPSA) is 118 Å². The number of nitrogens with zero attached hydrogens (tertiary/aromatic N) is 3. The van der Waals surface area contributed by atoms with E-state index < -0.39 is 18.0 Å². The predicted octanol–water partition coefficient (Wildman–Crippen LogP) is 2.36. The van der Waals surface area contributed by atoms with Crippen LogP contribution in [0.25, 0.3) is 0 Å². The molecule has 3 N–H and O–H groups in total. The molecule has 9 nitrogen and oxygen atoms in total. The lowest BCUT2D eigenvalue weighted by atomic mass is 9.95. The quantitative estimate of drug-likeness (QED) is 0.393. The van der Waals surface area contributed by atoms with Crippen LogP contribution in [0.4, 0.5) is 10.7 Å². The number of aryl methyl sites for hydroxylation is 2. The molecular weight excluding hydrogens is 372 g/mol. The van der Waals surface area contributed by atoms with Gasteiger partial charge in [0, 0.05) is 11.4 Å². The van der Waals surface area contributed by atoms with Crippen molar-refractivity contribution >= 4 is 24.2 Å². The van der Waals surface area contributed by atoms with E-state index in [-0.39, 0.29) is 17.9 Å². The van der Waals surface area contributed by atoms with Crippen LogP contribution in [0.5, 0.6) is 0 Å². The van der Waals surface area contributed by atoms with Gasteiger partial charge in [-0.15, -0.1) is 0 Å². The Morgan fingerprint density at radius 3 is 2.59 bits per heavy atom. The van der Waals surface area contributed by atoms with Gasteiger partial charge in [-0.1, -0.05) is 30.3 Å². The number of allylic oxidation sites excluding steroid dienone is 1. The minimum atomic E-state index is -0.664. The molecule has 0 bridgehead atoms. The first-order valence-corrected chi connectivity index (χ1v) is 9.13. The molecule has 2 amide bonds. The summed E-state index contributed by atoms with van der Waals surface area (Å²) in [5.74, 6) is -0.227. The van der Waals surface area contributed by atoms with Crippen LogP contribution in [0.1, 0.15) is 29.9 Å². The van der Waals surface area contributed by atoms with Crippen molar-refractivity contribution in [2.45, 2.75) is 26.8 Å². The summed E-state index contributed by atoms with van der Waals surface area (Å²) in [6.07, 6.45) is 1.35. The zero-order chi connectivity index (χ0) is 20.8. The van der Waals surface area contributed by atoms with E-state index in [1.54, 1.807) is 6.92 Å². The van der Waals surface area contributed by atoms with Gasteiger partial charge in [0.2, 0.25) is 5.95 Å². The summed E-state index contributed by atoms with van der Waals surface area (Å²) in [7, 11) is 0. The Hall–Kier alpha value is -3.75. The summed E-state index contributed by atoms with van der Waals surface area (Å²) >= 11 is 0. The summed E-state index contributed by atoms with van der Waals surface area (Å²) in [6.45, 7) is 5.62. The smallest absolute Gasteiger partial charge is 0.338 e. The van der Waals surface area contributed by atoms with Crippen LogP contribution < -0.4 is 16.1 Å². The molecule has 150 valence electrons. The average molecular weight is 394 g/mol. The van der Waals surface area contributed by atoms with Gasteiger partial charge in [0.15, 0.2) is 0 Å². The van der Waals surface area contributed by atoms with Gasteiger partial charge in [-0.25, -0.2) is 25.0 Å². The summed E-state index contributed by atoms with van der Waals surface area (Å²) in [5, 5.41) is 9.47. The molecule has 1 aliphatic rings. The fraction of sp³-hybridized carbons (Fsp3) is 0.250. The molecule has 0 aliphatic carbocycles. The number of amides is 2. The number of hydrazone groups is 1. The maximum absolute atomic E-state index is 12.6. The molecule has 29 heavy (non-hydrogen) atoms. The first kappa shape index (κ1) is 20.0. The third-order valence-electron chi connectivity index (χ3n) is 4.07. The summed E-state index contributed by atoms with van der Waals surface area (Å²) in [6, 6.07) is 9.90. The second kappa shape index (κ2) is 8.96. The first-order valence-electron chi connectivity index (χ1n) is 9.13. The molecule has 1 aromatic carbocycles. The van der Waals surface area contributed by atoms with Crippen molar-refractivity contribution in [1.82, 2.24) is 20.6 Å².